The number of piperidine rings is 1. The van der Waals surface area contributed by atoms with Gasteiger partial charge < -0.3 is 10.2 Å². The van der Waals surface area contributed by atoms with Gasteiger partial charge in [-0.1, -0.05) is 13.3 Å². The Bertz CT molecular complexity index is 181. The lowest BCUT2D eigenvalue weighted by Gasteiger charge is -2.37. The molecule has 2 nitrogen and oxygen atoms in total. The van der Waals surface area contributed by atoms with Crippen LogP contribution < -0.4 is 5.32 Å². The Labute approximate surface area is 94.4 Å². The Hall–Kier alpha value is -0.0800. The summed E-state index contributed by atoms with van der Waals surface area (Å²) in [6, 6.07) is 1.50. The van der Waals surface area contributed by atoms with Crippen LogP contribution in [0.1, 0.15) is 46.0 Å². The van der Waals surface area contributed by atoms with Gasteiger partial charge in [0.2, 0.25) is 0 Å². The molecule has 1 N–H and O–H groups in total. The lowest BCUT2D eigenvalue weighted by atomic mass is 9.81. The third-order valence-electron chi connectivity index (χ3n) is 3.87. The third kappa shape index (κ3) is 3.46. The summed E-state index contributed by atoms with van der Waals surface area (Å²) in [6.07, 6.45) is 7.05. The highest BCUT2D eigenvalue weighted by atomic mass is 15.2. The Balaban J connectivity index is 1.61. The molecule has 0 bridgehead atoms. The van der Waals surface area contributed by atoms with Gasteiger partial charge in [0, 0.05) is 18.6 Å². The van der Waals surface area contributed by atoms with Crippen LogP contribution in [0.5, 0.6) is 0 Å². The summed E-state index contributed by atoms with van der Waals surface area (Å²) in [5.41, 5.74) is 0. The van der Waals surface area contributed by atoms with Crippen molar-refractivity contribution in [3.8, 4) is 0 Å². The summed E-state index contributed by atoms with van der Waals surface area (Å²) in [5.74, 6) is 0.963. The zero-order chi connectivity index (χ0) is 10.7. The second kappa shape index (κ2) is 5.31. The van der Waals surface area contributed by atoms with Crippen molar-refractivity contribution in [3.63, 3.8) is 0 Å². The van der Waals surface area contributed by atoms with E-state index in [0.29, 0.717) is 6.04 Å². The van der Waals surface area contributed by atoms with Crippen molar-refractivity contribution in [2.75, 3.05) is 19.6 Å². The van der Waals surface area contributed by atoms with E-state index in [4.69, 9.17) is 0 Å². The van der Waals surface area contributed by atoms with E-state index in [2.05, 4.69) is 24.1 Å². The molecule has 88 valence electrons. The SMILES string of the molecule is CC1CC(NC(C)CN2CCCCC2)C1. The molecule has 2 fully saturated rings. The molecule has 1 aliphatic heterocycles. The molecule has 1 aliphatic carbocycles. The van der Waals surface area contributed by atoms with Gasteiger partial charge in [-0.2, -0.15) is 0 Å². The average Bonchev–Trinajstić information content (AvgIpc) is 2.17. The van der Waals surface area contributed by atoms with Crippen molar-refractivity contribution in [3.05, 3.63) is 0 Å². The summed E-state index contributed by atoms with van der Waals surface area (Å²) < 4.78 is 0. The summed E-state index contributed by atoms with van der Waals surface area (Å²) in [5, 5.41) is 3.75. The summed E-state index contributed by atoms with van der Waals surface area (Å²) >= 11 is 0. The van der Waals surface area contributed by atoms with Gasteiger partial charge in [0.1, 0.15) is 0 Å². The predicted octanol–water partition coefficient (Wildman–Crippen LogP) is 2.25. The molecule has 0 aromatic rings. The Morgan fingerprint density at radius 2 is 1.87 bits per heavy atom. The maximum Gasteiger partial charge on any atom is 0.0169 e. The van der Waals surface area contributed by atoms with E-state index in [-0.39, 0.29) is 0 Å². The van der Waals surface area contributed by atoms with Gasteiger partial charge in [0.15, 0.2) is 0 Å². The van der Waals surface area contributed by atoms with Crippen LogP contribution in [0.15, 0.2) is 0 Å². The van der Waals surface area contributed by atoms with Crippen LogP contribution in [-0.2, 0) is 0 Å². The van der Waals surface area contributed by atoms with Crippen LogP contribution in [0.3, 0.4) is 0 Å². The van der Waals surface area contributed by atoms with E-state index < -0.39 is 0 Å². The first-order valence-corrected chi connectivity index (χ1v) is 6.72. The van der Waals surface area contributed by atoms with Crippen molar-refractivity contribution in [1.29, 1.82) is 0 Å². The molecule has 2 rings (SSSR count). The minimum absolute atomic E-state index is 0.681. The molecule has 2 aliphatic rings. The molecule has 0 radical (unpaired) electrons. The van der Waals surface area contributed by atoms with Gasteiger partial charge in [-0.3, -0.25) is 0 Å². The van der Waals surface area contributed by atoms with E-state index in [1.54, 1.807) is 0 Å². The lowest BCUT2D eigenvalue weighted by Crippen LogP contribution is -2.49. The van der Waals surface area contributed by atoms with Gasteiger partial charge >= 0.3 is 0 Å². The molecular weight excluding hydrogens is 184 g/mol. The van der Waals surface area contributed by atoms with Crippen LogP contribution >= 0.6 is 0 Å². The van der Waals surface area contributed by atoms with E-state index in [1.165, 1.54) is 51.7 Å². The minimum atomic E-state index is 0.681. The topological polar surface area (TPSA) is 15.3 Å². The molecule has 1 heterocycles. The summed E-state index contributed by atoms with van der Waals surface area (Å²) in [4.78, 5) is 2.63. The van der Waals surface area contributed by atoms with Gasteiger partial charge in [-0.15, -0.1) is 0 Å². The van der Waals surface area contributed by atoms with Crippen LogP contribution in [0.25, 0.3) is 0 Å². The standard InChI is InChI=1S/C13H26N2/c1-11-8-13(9-11)14-12(2)10-15-6-4-3-5-7-15/h11-14H,3-10H2,1-2H3. The number of nitrogens with one attached hydrogen (secondary N) is 1. The summed E-state index contributed by atoms with van der Waals surface area (Å²) in [7, 11) is 0. The molecule has 15 heavy (non-hydrogen) atoms. The van der Waals surface area contributed by atoms with Crippen molar-refractivity contribution >= 4 is 0 Å². The second-order valence-corrected chi connectivity index (χ2v) is 5.70. The minimum Gasteiger partial charge on any atom is -0.310 e. The molecule has 1 saturated heterocycles. The monoisotopic (exact) mass is 210 g/mol. The van der Waals surface area contributed by atoms with Gasteiger partial charge in [-0.05, 0) is 51.6 Å². The molecule has 1 unspecified atom stereocenters. The van der Waals surface area contributed by atoms with Gasteiger partial charge in [0.25, 0.3) is 0 Å². The quantitative estimate of drug-likeness (QED) is 0.765. The largest absolute Gasteiger partial charge is 0.310 e. The van der Waals surface area contributed by atoms with Crippen molar-refractivity contribution < 1.29 is 0 Å². The molecule has 1 saturated carbocycles. The number of hydrogen-bond donors (Lipinski definition) is 1. The molecule has 0 amide bonds. The zero-order valence-electron chi connectivity index (χ0n) is 10.3. The maximum absolute atomic E-state index is 3.75. The summed E-state index contributed by atoms with van der Waals surface area (Å²) in [6.45, 7) is 8.61. The van der Waals surface area contributed by atoms with Gasteiger partial charge in [0.05, 0.1) is 0 Å². The Morgan fingerprint density at radius 3 is 2.47 bits per heavy atom. The third-order valence-corrected chi connectivity index (χ3v) is 3.87. The molecule has 1 atom stereocenters. The lowest BCUT2D eigenvalue weighted by molar-refractivity contribution is 0.175. The first kappa shape index (κ1) is 11.4. The van der Waals surface area contributed by atoms with Gasteiger partial charge in [-0.25, -0.2) is 0 Å². The van der Waals surface area contributed by atoms with Crippen LogP contribution in [-0.4, -0.2) is 36.6 Å². The first-order chi connectivity index (χ1) is 7.24. The van der Waals surface area contributed by atoms with E-state index in [0.717, 1.165) is 12.0 Å². The fraction of sp³-hybridized carbons (Fsp3) is 1.00. The van der Waals surface area contributed by atoms with Crippen LogP contribution in [0.2, 0.25) is 0 Å². The van der Waals surface area contributed by atoms with E-state index >= 15 is 0 Å². The normalized spacial score (nSPS) is 34.8. The van der Waals surface area contributed by atoms with Crippen LogP contribution in [0, 0.1) is 5.92 Å². The molecule has 0 aromatic heterocycles. The van der Waals surface area contributed by atoms with Crippen molar-refractivity contribution in [1.82, 2.24) is 10.2 Å². The molecule has 0 spiro atoms. The average molecular weight is 210 g/mol. The second-order valence-electron chi connectivity index (χ2n) is 5.70. The fourth-order valence-electron chi connectivity index (χ4n) is 3.02. The highest BCUT2D eigenvalue weighted by Gasteiger charge is 2.26. The number of hydrogen-bond acceptors (Lipinski definition) is 2. The Morgan fingerprint density at radius 1 is 1.20 bits per heavy atom. The van der Waals surface area contributed by atoms with Crippen molar-refractivity contribution in [2.45, 2.75) is 58.0 Å². The fourth-order valence-corrected chi connectivity index (χ4v) is 3.02. The smallest absolute Gasteiger partial charge is 0.0169 e. The zero-order valence-corrected chi connectivity index (χ0v) is 10.3. The highest BCUT2D eigenvalue weighted by molar-refractivity contribution is 4.85. The van der Waals surface area contributed by atoms with Crippen molar-refractivity contribution in [2.24, 2.45) is 5.92 Å². The van der Waals surface area contributed by atoms with Crippen LogP contribution in [0.4, 0.5) is 0 Å². The Kier molecular flexibility index (Phi) is 4.04. The highest BCUT2D eigenvalue weighted by Crippen LogP contribution is 2.26. The number of rotatable bonds is 4. The van der Waals surface area contributed by atoms with E-state index in [1.807, 2.05) is 0 Å². The molecular formula is C13H26N2. The van der Waals surface area contributed by atoms with E-state index in [9.17, 15) is 0 Å². The maximum atomic E-state index is 3.75. The first-order valence-electron chi connectivity index (χ1n) is 6.72. The number of likely N-dealkylation sites (tertiary alicyclic amines) is 1. The number of nitrogens with zero attached hydrogens (tertiary/aromatic N) is 1. The molecule has 0 aromatic carbocycles. The predicted molar refractivity (Wildman–Crippen MR) is 65.1 cm³/mol. The molecule has 2 heteroatoms.